The van der Waals surface area contributed by atoms with Crippen LogP contribution >= 0.6 is 11.6 Å². The number of amides is 1. The van der Waals surface area contributed by atoms with Gasteiger partial charge in [0, 0.05) is 12.6 Å². The number of hydrogen-bond donors (Lipinski definition) is 3. The maximum Gasteiger partial charge on any atom is 0.253 e. The maximum absolute atomic E-state index is 12.3. The van der Waals surface area contributed by atoms with Gasteiger partial charge in [0.1, 0.15) is 5.75 Å². The number of benzene rings is 1. The summed E-state index contributed by atoms with van der Waals surface area (Å²) in [5, 5.41) is 12.8. The van der Waals surface area contributed by atoms with E-state index in [1.807, 2.05) is 0 Å². The Labute approximate surface area is 124 Å². The summed E-state index contributed by atoms with van der Waals surface area (Å²) in [6, 6.07) is 4.33. The molecular formula is C15H21ClN2O2. The average Bonchev–Trinajstić information content (AvgIpc) is 2.48. The van der Waals surface area contributed by atoms with Crippen molar-refractivity contribution in [2.24, 2.45) is 11.7 Å². The first-order valence-corrected chi connectivity index (χ1v) is 7.49. The first kappa shape index (κ1) is 15.1. The van der Waals surface area contributed by atoms with E-state index in [1.165, 1.54) is 37.5 Å². The van der Waals surface area contributed by atoms with E-state index in [0.29, 0.717) is 23.0 Å². The van der Waals surface area contributed by atoms with Crippen LogP contribution in [0.2, 0.25) is 5.02 Å². The van der Waals surface area contributed by atoms with Crippen LogP contribution in [0.1, 0.15) is 42.5 Å². The third-order valence-electron chi connectivity index (χ3n) is 3.98. The molecule has 5 heteroatoms. The van der Waals surface area contributed by atoms with Gasteiger partial charge in [-0.1, -0.05) is 30.9 Å². The molecule has 1 aromatic carbocycles. The number of phenols is 1. The fourth-order valence-corrected chi connectivity index (χ4v) is 3.04. The topological polar surface area (TPSA) is 75.3 Å². The van der Waals surface area contributed by atoms with E-state index in [0.717, 1.165) is 12.8 Å². The van der Waals surface area contributed by atoms with Crippen molar-refractivity contribution in [1.82, 2.24) is 5.32 Å². The molecular weight excluding hydrogens is 276 g/mol. The van der Waals surface area contributed by atoms with Crippen LogP contribution in [0, 0.1) is 5.92 Å². The largest absolute Gasteiger partial charge is 0.508 e. The summed E-state index contributed by atoms with van der Waals surface area (Å²) in [4.78, 5) is 12.3. The van der Waals surface area contributed by atoms with Crippen LogP contribution in [-0.2, 0) is 0 Å². The number of halogens is 1. The van der Waals surface area contributed by atoms with Gasteiger partial charge in [-0.3, -0.25) is 4.79 Å². The fraction of sp³-hybridized carbons (Fsp3) is 0.533. The lowest BCUT2D eigenvalue weighted by Gasteiger charge is -2.30. The summed E-state index contributed by atoms with van der Waals surface area (Å²) in [5.41, 5.74) is 6.09. The van der Waals surface area contributed by atoms with Crippen molar-refractivity contribution in [3.63, 3.8) is 0 Å². The van der Waals surface area contributed by atoms with E-state index in [9.17, 15) is 9.90 Å². The van der Waals surface area contributed by atoms with Crippen molar-refractivity contribution in [3.05, 3.63) is 28.8 Å². The summed E-state index contributed by atoms with van der Waals surface area (Å²) in [5.74, 6) is 0.197. The first-order chi connectivity index (χ1) is 9.61. The van der Waals surface area contributed by atoms with Crippen LogP contribution in [0.15, 0.2) is 18.2 Å². The molecule has 4 N–H and O–H groups in total. The van der Waals surface area contributed by atoms with Gasteiger partial charge < -0.3 is 16.2 Å². The minimum atomic E-state index is -0.271. The predicted molar refractivity (Wildman–Crippen MR) is 80.0 cm³/mol. The molecule has 1 fully saturated rings. The molecule has 4 nitrogen and oxygen atoms in total. The molecule has 0 heterocycles. The lowest BCUT2D eigenvalue weighted by atomic mass is 9.84. The molecule has 1 aliphatic rings. The molecule has 110 valence electrons. The zero-order valence-electron chi connectivity index (χ0n) is 11.4. The molecule has 0 aromatic heterocycles. The van der Waals surface area contributed by atoms with Gasteiger partial charge in [-0.2, -0.15) is 0 Å². The van der Waals surface area contributed by atoms with Crippen molar-refractivity contribution in [2.75, 3.05) is 6.54 Å². The van der Waals surface area contributed by atoms with Crippen molar-refractivity contribution in [2.45, 2.75) is 38.1 Å². The number of nitrogens with two attached hydrogens (primary N) is 1. The van der Waals surface area contributed by atoms with Gasteiger partial charge in [0.2, 0.25) is 0 Å². The zero-order chi connectivity index (χ0) is 14.5. The van der Waals surface area contributed by atoms with Crippen LogP contribution in [0.4, 0.5) is 0 Å². The molecule has 1 aliphatic carbocycles. The smallest absolute Gasteiger partial charge is 0.253 e. The number of nitrogens with one attached hydrogen (secondary N) is 1. The Bertz CT molecular complexity index is 473. The van der Waals surface area contributed by atoms with Gasteiger partial charge in [0.15, 0.2) is 0 Å². The average molecular weight is 297 g/mol. The highest BCUT2D eigenvalue weighted by atomic mass is 35.5. The van der Waals surface area contributed by atoms with Crippen LogP contribution < -0.4 is 11.1 Å². The lowest BCUT2D eigenvalue weighted by molar-refractivity contribution is 0.0915. The Hall–Kier alpha value is -1.26. The van der Waals surface area contributed by atoms with Crippen LogP contribution in [0.3, 0.4) is 0 Å². The maximum atomic E-state index is 12.3. The highest BCUT2D eigenvalue weighted by molar-refractivity contribution is 6.33. The lowest BCUT2D eigenvalue weighted by Crippen LogP contribution is -2.46. The number of rotatable bonds is 4. The van der Waals surface area contributed by atoms with Crippen LogP contribution in [0.25, 0.3) is 0 Å². The third kappa shape index (κ3) is 3.64. The molecule has 1 saturated carbocycles. The molecule has 0 bridgehead atoms. The summed E-state index contributed by atoms with van der Waals surface area (Å²) in [6.45, 7) is 0.423. The number of phenolic OH excluding ortho intramolecular Hbond substituents is 1. The Morgan fingerprint density at radius 3 is 2.75 bits per heavy atom. The molecule has 2 rings (SSSR count). The van der Waals surface area contributed by atoms with Gasteiger partial charge in [-0.15, -0.1) is 0 Å². The van der Waals surface area contributed by atoms with Gasteiger partial charge in [-0.05, 0) is 37.0 Å². The minimum Gasteiger partial charge on any atom is -0.508 e. The molecule has 0 radical (unpaired) electrons. The van der Waals surface area contributed by atoms with Crippen molar-refractivity contribution < 1.29 is 9.90 Å². The van der Waals surface area contributed by atoms with Crippen molar-refractivity contribution in [1.29, 1.82) is 0 Å². The zero-order valence-corrected chi connectivity index (χ0v) is 12.2. The fourth-order valence-electron chi connectivity index (χ4n) is 2.84. The number of aromatic hydroxyl groups is 1. The summed E-state index contributed by atoms with van der Waals surface area (Å²) >= 11 is 6.00. The quantitative estimate of drug-likeness (QED) is 0.799. The van der Waals surface area contributed by atoms with Crippen molar-refractivity contribution in [3.8, 4) is 5.75 Å². The molecule has 1 atom stereocenters. The van der Waals surface area contributed by atoms with Gasteiger partial charge >= 0.3 is 0 Å². The number of hydrogen-bond acceptors (Lipinski definition) is 3. The first-order valence-electron chi connectivity index (χ1n) is 7.11. The molecule has 20 heavy (non-hydrogen) atoms. The number of carbonyl (C=O) groups is 1. The van der Waals surface area contributed by atoms with Crippen molar-refractivity contribution >= 4 is 17.5 Å². The standard InChI is InChI=1S/C15H21ClN2O2/c16-13-7-6-11(19)8-12(13)15(20)18-14(9-17)10-4-2-1-3-5-10/h6-8,10,14,19H,1-5,9,17H2,(H,18,20). The molecule has 0 aliphatic heterocycles. The second-order valence-electron chi connectivity index (χ2n) is 5.38. The Morgan fingerprint density at radius 2 is 2.10 bits per heavy atom. The Balaban J connectivity index is 2.06. The summed E-state index contributed by atoms with van der Waals surface area (Å²) in [6.07, 6.45) is 5.87. The summed E-state index contributed by atoms with van der Waals surface area (Å²) < 4.78 is 0. The number of carbonyl (C=O) groups excluding carboxylic acids is 1. The molecule has 1 amide bonds. The second-order valence-corrected chi connectivity index (χ2v) is 5.79. The van der Waals surface area contributed by atoms with E-state index in [2.05, 4.69) is 5.32 Å². The summed E-state index contributed by atoms with van der Waals surface area (Å²) in [7, 11) is 0. The second kappa shape index (κ2) is 6.95. The van der Waals surface area contributed by atoms with Crippen LogP contribution in [-0.4, -0.2) is 23.6 Å². The van der Waals surface area contributed by atoms with Gasteiger partial charge in [0.25, 0.3) is 5.91 Å². The highest BCUT2D eigenvalue weighted by Crippen LogP contribution is 2.27. The van der Waals surface area contributed by atoms with E-state index in [1.54, 1.807) is 0 Å². The molecule has 0 saturated heterocycles. The molecule has 1 aromatic rings. The highest BCUT2D eigenvalue weighted by Gasteiger charge is 2.25. The predicted octanol–water partition coefficient (Wildman–Crippen LogP) is 2.68. The molecule has 1 unspecified atom stereocenters. The van der Waals surface area contributed by atoms with E-state index in [-0.39, 0.29) is 17.7 Å². The van der Waals surface area contributed by atoms with E-state index in [4.69, 9.17) is 17.3 Å². The third-order valence-corrected chi connectivity index (χ3v) is 4.31. The van der Waals surface area contributed by atoms with E-state index < -0.39 is 0 Å². The van der Waals surface area contributed by atoms with Crippen LogP contribution in [0.5, 0.6) is 5.75 Å². The Kier molecular flexibility index (Phi) is 5.26. The van der Waals surface area contributed by atoms with Gasteiger partial charge in [0.05, 0.1) is 10.6 Å². The SMILES string of the molecule is NCC(NC(=O)c1cc(O)ccc1Cl)C1CCCCC1. The van der Waals surface area contributed by atoms with E-state index >= 15 is 0 Å². The van der Waals surface area contributed by atoms with Gasteiger partial charge in [-0.25, -0.2) is 0 Å². The monoisotopic (exact) mass is 296 g/mol. The Morgan fingerprint density at radius 1 is 1.40 bits per heavy atom. The minimum absolute atomic E-state index is 0.0267. The molecule has 0 spiro atoms. The normalized spacial score (nSPS) is 17.7.